The predicted molar refractivity (Wildman–Crippen MR) is 343 cm³/mol. The molecule has 9 heteroatoms. The average molecular weight is 1140 g/mol. The van der Waals surface area contributed by atoms with E-state index in [1.165, 1.54) is 180 Å². The molecule has 0 fully saturated rings. The van der Waals surface area contributed by atoms with Crippen molar-refractivity contribution >= 4 is 17.9 Å². The minimum atomic E-state index is -0.0307. The first-order valence-corrected chi connectivity index (χ1v) is 35.6. The number of esters is 3. The summed E-state index contributed by atoms with van der Waals surface area (Å²) in [6, 6.07) is 0. The SMILES string of the molecule is CCCCCCCCC(CCCCCCCC)C(=O)OC(C)CCCCCCO.CCCCCCCCCOC(=O)CCCCCCCN(CCO)CCCCCCC(C)OC(=O)C(CCCCCCCC)CCCCCCCC. The van der Waals surface area contributed by atoms with Crippen LogP contribution in [0.3, 0.4) is 0 Å². The number of rotatable bonds is 63. The van der Waals surface area contributed by atoms with Gasteiger partial charge in [0.25, 0.3) is 0 Å². The van der Waals surface area contributed by atoms with E-state index in [0.29, 0.717) is 13.0 Å². The zero-order valence-corrected chi connectivity index (χ0v) is 54.9. The van der Waals surface area contributed by atoms with Crippen molar-refractivity contribution < 1.29 is 38.8 Å². The topological polar surface area (TPSA) is 123 Å². The second kappa shape index (κ2) is 66.4. The average Bonchev–Trinajstić information content (AvgIpc) is 3.44. The Kier molecular flexibility index (Phi) is 66.7. The molecule has 2 unspecified atom stereocenters. The van der Waals surface area contributed by atoms with Crippen LogP contribution in [0.5, 0.6) is 0 Å². The summed E-state index contributed by atoms with van der Waals surface area (Å²) in [6.45, 7) is 19.3. The van der Waals surface area contributed by atoms with Crippen LogP contribution in [-0.4, -0.2) is 84.7 Å². The van der Waals surface area contributed by atoms with Gasteiger partial charge in [0.2, 0.25) is 0 Å². The molecule has 9 nitrogen and oxygen atoms in total. The van der Waals surface area contributed by atoms with Crippen molar-refractivity contribution in [2.24, 2.45) is 11.8 Å². The third-order valence-corrected chi connectivity index (χ3v) is 16.6. The van der Waals surface area contributed by atoms with Crippen LogP contribution >= 0.6 is 0 Å². The molecular weight excluding hydrogens is 995 g/mol. The maximum Gasteiger partial charge on any atom is 0.309 e. The van der Waals surface area contributed by atoms with Crippen molar-refractivity contribution in [3.05, 3.63) is 0 Å². The number of aliphatic hydroxyl groups is 2. The standard InChI is InChI=1S/C45H89NO5.C26H52O3/c1-5-8-11-14-17-25-32-41-50-44(48)36-29-21-18-23-30-37-46(39-40-47)38-31-24-22-26-33-42(4)51-45(49)43(34-27-19-15-12-9-6-2)35-28-20-16-13-10-7-3;1-4-6-8-10-12-17-21-25(22-18-13-11-9-7-5-2)26(28)29-24(3)20-16-14-15-19-23-27/h42-43,47H,5-41H2,1-4H3;24-25,27H,4-23H2,1-3H3. The first kappa shape index (κ1) is 80.4. The van der Waals surface area contributed by atoms with E-state index in [1.807, 2.05) is 6.92 Å². The first-order valence-electron chi connectivity index (χ1n) is 35.6. The highest BCUT2D eigenvalue weighted by molar-refractivity contribution is 5.73. The lowest BCUT2D eigenvalue weighted by molar-refractivity contribution is -0.155. The molecule has 0 aromatic rings. The first-order chi connectivity index (χ1) is 39.1. The van der Waals surface area contributed by atoms with Crippen molar-refractivity contribution in [2.45, 2.75) is 388 Å². The van der Waals surface area contributed by atoms with Crippen LogP contribution in [0.1, 0.15) is 376 Å². The summed E-state index contributed by atoms with van der Waals surface area (Å²) in [4.78, 5) is 40.3. The van der Waals surface area contributed by atoms with Gasteiger partial charge in [-0.2, -0.15) is 0 Å². The number of carbonyl (C=O) groups excluding carboxylic acids is 3. The van der Waals surface area contributed by atoms with E-state index in [0.717, 1.165) is 161 Å². The van der Waals surface area contributed by atoms with Gasteiger partial charge < -0.3 is 29.3 Å². The lowest BCUT2D eigenvalue weighted by atomic mass is 9.94. The molecule has 0 spiro atoms. The number of ether oxygens (including phenoxy) is 3. The van der Waals surface area contributed by atoms with Gasteiger partial charge in [-0.25, -0.2) is 0 Å². The Morgan fingerprint density at radius 3 is 0.950 bits per heavy atom. The summed E-state index contributed by atoms with van der Waals surface area (Å²) < 4.78 is 17.2. The maximum atomic E-state index is 13.2. The Morgan fingerprint density at radius 2 is 0.613 bits per heavy atom. The summed E-state index contributed by atoms with van der Waals surface area (Å²) in [5.74, 6) is 0.257. The van der Waals surface area contributed by atoms with Gasteiger partial charge in [0.05, 0.1) is 37.3 Å². The second-order valence-electron chi connectivity index (χ2n) is 24.7. The zero-order valence-electron chi connectivity index (χ0n) is 54.9. The molecule has 478 valence electrons. The third kappa shape index (κ3) is 59.4. The Morgan fingerprint density at radius 1 is 0.325 bits per heavy atom. The summed E-state index contributed by atoms with van der Waals surface area (Å²) in [5.41, 5.74) is 0. The number of nitrogens with zero attached hydrogens (tertiary/aromatic N) is 1. The normalized spacial score (nSPS) is 12.3. The maximum absolute atomic E-state index is 13.2. The van der Waals surface area contributed by atoms with E-state index in [4.69, 9.17) is 19.3 Å². The Balaban J connectivity index is 0. The van der Waals surface area contributed by atoms with Crippen LogP contribution in [0, 0.1) is 11.8 Å². The fourth-order valence-corrected chi connectivity index (χ4v) is 11.1. The minimum absolute atomic E-state index is 0.000506. The van der Waals surface area contributed by atoms with Gasteiger partial charge in [-0.3, -0.25) is 14.4 Å². The van der Waals surface area contributed by atoms with Gasteiger partial charge >= 0.3 is 17.9 Å². The van der Waals surface area contributed by atoms with Crippen molar-refractivity contribution in [1.29, 1.82) is 0 Å². The summed E-state index contributed by atoms with van der Waals surface area (Å²) in [6.07, 6.45) is 59.8. The molecule has 0 saturated carbocycles. The lowest BCUT2D eigenvalue weighted by Crippen LogP contribution is -2.29. The summed E-state index contributed by atoms with van der Waals surface area (Å²) in [7, 11) is 0. The van der Waals surface area contributed by atoms with Crippen LogP contribution in [-0.2, 0) is 28.6 Å². The fourth-order valence-electron chi connectivity index (χ4n) is 11.1. The number of unbranched alkanes of at least 4 members (excludes halogenated alkanes) is 36. The largest absolute Gasteiger partial charge is 0.466 e. The monoisotopic (exact) mass is 1140 g/mol. The summed E-state index contributed by atoms with van der Waals surface area (Å²) >= 11 is 0. The molecule has 0 aliphatic rings. The lowest BCUT2D eigenvalue weighted by Gasteiger charge is -2.21. The number of hydrogen-bond donors (Lipinski definition) is 2. The molecule has 0 aliphatic heterocycles. The highest BCUT2D eigenvalue weighted by Gasteiger charge is 2.23. The molecule has 0 aliphatic carbocycles. The van der Waals surface area contributed by atoms with E-state index >= 15 is 0 Å². The van der Waals surface area contributed by atoms with Gasteiger partial charge in [0, 0.05) is 19.6 Å². The van der Waals surface area contributed by atoms with Crippen LogP contribution in [0.15, 0.2) is 0 Å². The van der Waals surface area contributed by atoms with E-state index in [1.54, 1.807) is 0 Å². The number of aliphatic hydroxyl groups excluding tert-OH is 2. The molecule has 0 aromatic heterocycles. The molecule has 0 heterocycles. The van der Waals surface area contributed by atoms with Gasteiger partial charge in [0.1, 0.15) is 0 Å². The molecule has 0 bridgehead atoms. The van der Waals surface area contributed by atoms with Crippen molar-refractivity contribution in [3.8, 4) is 0 Å². The molecule has 2 atom stereocenters. The van der Waals surface area contributed by atoms with E-state index in [2.05, 4.69) is 46.4 Å². The van der Waals surface area contributed by atoms with Crippen molar-refractivity contribution in [1.82, 2.24) is 4.90 Å². The van der Waals surface area contributed by atoms with E-state index < -0.39 is 0 Å². The van der Waals surface area contributed by atoms with Crippen molar-refractivity contribution in [3.63, 3.8) is 0 Å². The fraction of sp³-hybridized carbons (Fsp3) is 0.958. The van der Waals surface area contributed by atoms with E-state index in [9.17, 15) is 19.5 Å². The summed E-state index contributed by atoms with van der Waals surface area (Å²) in [5, 5.41) is 18.4. The third-order valence-electron chi connectivity index (χ3n) is 16.6. The predicted octanol–water partition coefficient (Wildman–Crippen LogP) is 20.9. The van der Waals surface area contributed by atoms with Crippen LogP contribution in [0.25, 0.3) is 0 Å². The molecule has 0 rings (SSSR count). The van der Waals surface area contributed by atoms with Crippen LogP contribution < -0.4 is 0 Å². The molecule has 0 saturated heterocycles. The zero-order chi connectivity index (χ0) is 59.0. The molecule has 0 aromatic carbocycles. The van der Waals surface area contributed by atoms with Crippen molar-refractivity contribution in [2.75, 3.05) is 39.5 Å². The Labute approximate surface area is 498 Å². The quantitative estimate of drug-likeness (QED) is 0.0348. The number of carbonyl (C=O) groups is 3. The molecule has 80 heavy (non-hydrogen) atoms. The molecule has 0 radical (unpaired) electrons. The second-order valence-corrected chi connectivity index (χ2v) is 24.7. The van der Waals surface area contributed by atoms with Crippen LogP contribution in [0.4, 0.5) is 0 Å². The Bertz CT molecular complexity index is 1220. The number of hydrogen-bond acceptors (Lipinski definition) is 9. The van der Waals surface area contributed by atoms with Gasteiger partial charge in [-0.15, -0.1) is 0 Å². The Hall–Kier alpha value is -1.71. The van der Waals surface area contributed by atoms with Crippen LogP contribution in [0.2, 0.25) is 0 Å². The highest BCUT2D eigenvalue weighted by Crippen LogP contribution is 2.24. The minimum Gasteiger partial charge on any atom is -0.466 e. The molecule has 0 amide bonds. The highest BCUT2D eigenvalue weighted by atomic mass is 16.5. The van der Waals surface area contributed by atoms with E-state index in [-0.39, 0.29) is 55.2 Å². The van der Waals surface area contributed by atoms with Gasteiger partial charge in [-0.05, 0) is 110 Å². The smallest absolute Gasteiger partial charge is 0.309 e. The molecule has 2 N–H and O–H groups in total. The molecular formula is C71H141NO8. The van der Waals surface area contributed by atoms with Gasteiger partial charge in [-0.1, -0.05) is 272 Å². The van der Waals surface area contributed by atoms with Gasteiger partial charge in [0.15, 0.2) is 0 Å².